The summed E-state index contributed by atoms with van der Waals surface area (Å²) in [5, 5.41) is 0. The molecule has 0 atom stereocenters. The lowest BCUT2D eigenvalue weighted by molar-refractivity contribution is -0.130. The number of carbonyl (C=O) groups is 1. The largest absolute Gasteiger partial charge is 0.343 e. The molecule has 1 saturated heterocycles. The predicted molar refractivity (Wildman–Crippen MR) is 138 cm³/mol. The molecule has 1 heterocycles. The zero-order valence-electron chi connectivity index (χ0n) is 21.4. The summed E-state index contributed by atoms with van der Waals surface area (Å²) in [7, 11) is 0. The molecule has 0 N–H and O–H groups in total. The molecule has 0 aromatic heterocycles. The predicted octanol–water partition coefficient (Wildman–Crippen LogP) is 9.60. The van der Waals surface area contributed by atoms with E-state index < -0.39 is 0 Å². The van der Waals surface area contributed by atoms with Gasteiger partial charge >= 0.3 is 0 Å². The Bertz CT molecular complexity index is 375. The van der Waals surface area contributed by atoms with Gasteiger partial charge in [-0.15, -0.1) is 0 Å². The van der Waals surface area contributed by atoms with Crippen LogP contribution in [0.15, 0.2) is 0 Å². The van der Waals surface area contributed by atoms with Crippen molar-refractivity contribution < 1.29 is 4.79 Å². The highest BCUT2D eigenvalue weighted by Crippen LogP contribution is 2.16. The second-order valence-electron chi connectivity index (χ2n) is 10.3. The normalized spacial score (nSPS) is 13.9. The summed E-state index contributed by atoms with van der Waals surface area (Å²) in [6.45, 7) is 4.32. The Hall–Kier alpha value is -0.530. The average molecular weight is 436 g/mol. The molecule has 1 amide bonds. The first-order valence-corrected chi connectivity index (χ1v) is 14.6. The molecule has 2 nitrogen and oxygen atoms in total. The van der Waals surface area contributed by atoms with Crippen LogP contribution in [-0.4, -0.2) is 23.9 Å². The Morgan fingerprint density at radius 2 is 0.774 bits per heavy atom. The van der Waals surface area contributed by atoms with Crippen LogP contribution in [0.25, 0.3) is 0 Å². The number of unbranched alkanes of at least 4 members (excludes halogenated alkanes) is 21. The summed E-state index contributed by atoms with van der Waals surface area (Å²) in [6.07, 6.45) is 34.4. The fourth-order valence-corrected chi connectivity index (χ4v) is 5.01. The minimum absolute atomic E-state index is 0.408. The molecule has 1 fully saturated rings. The minimum atomic E-state index is 0.408. The van der Waals surface area contributed by atoms with Crippen molar-refractivity contribution >= 4 is 5.91 Å². The van der Waals surface area contributed by atoms with Crippen LogP contribution >= 0.6 is 0 Å². The lowest BCUT2D eigenvalue weighted by Gasteiger charge is -2.14. The fraction of sp³-hybridized carbons (Fsp3) is 0.966. The van der Waals surface area contributed by atoms with Crippen molar-refractivity contribution in [1.29, 1.82) is 0 Å². The van der Waals surface area contributed by atoms with E-state index >= 15 is 0 Å². The van der Waals surface area contributed by atoms with E-state index in [1.165, 1.54) is 148 Å². The van der Waals surface area contributed by atoms with Gasteiger partial charge in [0.1, 0.15) is 0 Å². The topological polar surface area (TPSA) is 20.3 Å². The summed E-state index contributed by atoms with van der Waals surface area (Å²) < 4.78 is 0. The minimum Gasteiger partial charge on any atom is -0.343 e. The quantitative estimate of drug-likeness (QED) is 0.146. The van der Waals surface area contributed by atoms with Gasteiger partial charge in [-0.05, 0) is 19.3 Å². The summed E-state index contributed by atoms with van der Waals surface area (Å²) >= 11 is 0. The summed E-state index contributed by atoms with van der Waals surface area (Å²) in [5.41, 5.74) is 0. The summed E-state index contributed by atoms with van der Waals surface area (Å²) in [4.78, 5) is 14.0. The van der Waals surface area contributed by atoms with Crippen molar-refractivity contribution in [2.75, 3.05) is 13.1 Å². The molecule has 0 bridgehead atoms. The van der Waals surface area contributed by atoms with E-state index in [2.05, 4.69) is 11.8 Å². The maximum atomic E-state index is 12.0. The summed E-state index contributed by atoms with van der Waals surface area (Å²) in [5.74, 6) is 0.408. The van der Waals surface area contributed by atoms with E-state index in [1.807, 2.05) is 0 Å². The molecule has 1 rings (SSSR count). The van der Waals surface area contributed by atoms with Crippen LogP contribution in [-0.2, 0) is 4.79 Å². The molecule has 0 radical (unpaired) electrons. The highest BCUT2D eigenvalue weighted by atomic mass is 16.2. The number of nitrogens with zero attached hydrogens (tertiary/aromatic N) is 1. The monoisotopic (exact) mass is 435 g/mol. The highest BCUT2D eigenvalue weighted by Gasteiger charge is 2.16. The third-order valence-corrected chi connectivity index (χ3v) is 7.20. The van der Waals surface area contributed by atoms with Gasteiger partial charge in [0.25, 0.3) is 0 Å². The molecule has 0 aromatic carbocycles. The van der Waals surface area contributed by atoms with Gasteiger partial charge in [-0.25, -0.2) is 0 Å². The second-order valence-corrected chi connectivity index (χ2v) is 10.3. The van der Waals surface area contributed by atoms with Gasteiger partial charge in [0, 0.05) is 19.5 Å². The first-order valence-electron chi connectivity index (χ1n) is 14.6. The van der Waals surface area contributed by atoms with E-state index in [0.717, 1.165) is 25.9 Å². The van der Waals surface area contributed by atoms with Crippen molar-refractivity contribution in [3.63, 3.8) is 0 Å². The Labute approximate surface area is 196 Å². The van der Waals surface area contributed by atoms with Crippen molar-refractivity contribution in [2.45, 2.75) is 167 Å². The number of hydrogen-bond acceptors (Lipinski definition) is 1. The highest BCUT2D eigenvalue weighted by molar-refractivity contribution is 5.76. The van der Waals surface area contributed by atoms with E-state index in [1.54, 1.807) is 0 Å². The second kappa shape index (κ2) is 22.7. The number of rotatable bonds is 23. The molecule has 0 spiro atoms. The van der Waals surface area contributed by atoms with Crippen molar-refractivity contribution in [1.82, 2.24) is 4.90 Å². The zero-order valence-corrected chi connectivity index (χ0v) is 21.4. The smallest absolute Gasteiger partial charge is 0.222 e. The van der Waals surface area contributed by atoms with Gasteiger partial charge in [-0.1, -0.05) is 142 Å². The molecule has 0 aliphatic carbocycles. The van der Waals surface area contributed by atoms with E-state index in [0.29, 0.717) is 5.91 Å². The number of amides is 1. The third-order valence-electron chi connectivity index (χ3n) is 7.20. The Morgan fingerprint density at radius 3 is 1.10 bits per heavy atom. The maximum Gasteiger partial charge on any atom is 0.222 e. The lowest BCUT2D eigenvalue weighted by atomic mass is 10.0. The molecule has 0 unspecified atom stereocenters. The van der Waals surface area contributed by atoms with Crippen molar-refractivity contribution in [2.24, 2.45) is 0 Å². The molecule has 0 aromatic rings. The van der Waals surface area contributed by atoms with Crippen molar-refractivity contribution in [3.8, 4) is 0 Å². The van der Waals surface area contributed by atoms with Gasteiger partial charge in [0.15, 0.2) is 0 Å². The first-order chi connectivity index (χ1) is 15.3. The van der Waals surface area contributed by atoms with E-state index in [9.17, 15) is 4.79 Å². The SMILES string of the molecule is CCCCCCCCCCCCCCCCCCCCCCCCC(=O)N1CCCC1. The average Bonchev–Trinajstić information content (AvgIpc) is 3.32. The molecule has 0 saturated carbocycles. The maximum absolute atomic E-state index is 12.0. The number of hydrogen-bond donors (Lipinski definition) is 0. The van der Waals surface area contributed by atoms with Crippen LogP contribution in [0, 0.1) is 0 Å². The van der Waals surface area contributed by atoms with Gasteiger partial charge < -0.3 is 4.90 Å². The Kier molecular flexibility index (Phi) is 20.8. The molecule has 1 aliphatic heterocycles. The number of carbonyl (C=O) groups excluding carboxylic acids is 1. The van der Waals surface area contributed by atoms with Gasteiger partial charge in [-0.2, -0.15) is 0 Å². The van der Waals surface area contributed by atoms with Gasteiger partial charge in [-0.3, -0.25) is 4.79 Å². The van der Waals surface area contributed by atoms with Crippen LogP contribution in [0.5, 0.6) is 0 Å². The van der Waals surface area contributed by atoms with Crippen LogP contribution in [0.2, 0.25) is 0 Å². The standard InChI is InChI=1S/C29H57NO/c1-2-3-4-5-6-7-8-9-10-11-12-13-14-15-16-17-18-19-20-21-22-23-26-29(31)30-27-24-25-28-30/h2-28H2,1H3. The molecule has 31 heavy (non-hydrogen) atoms. The molecular formula is C29H57NO. The Morgan fingerprint density at radius 1 is 0.484 bits per heavy atom. The zero-order chi connectivity index (χ0) is 22.2. The summed E-state index contributed by atoms with van der Waals surface area (Å²) in [6, 6.07) is 0. The number of likely N-dealkylation sites (tertiary alicyclic amines) is 1. The molecular weight excluding hydrogens is 378 g/mol. The van der Waals surface area contributed by atoms with Crippen LogP contribution in [0.1, 0.15) is 167 Å². The van der Waals surface area contributed by atoms with Crippen molar-refractivity contribution in [3.05, 3.63) is 0 Å². The lowest BCUT2D eigenvalue weighted by Crippen LogP contribution is -2.27. The van der Waals surface area contributed by atoms with Gasteiger partial charge in [0.2, 0.25) is 5.91 Å². The third kappa shape index (κ3) is 18.7. The fourth-order valence-electron chi connectivity index (χ4n) is 5.01. The van der Waals surface area contributed by atoms with Gasteiger partial charge in [0.05, 0.1) is 0 Å². The van der Waals surface area contributed by atoms with E-state index in [4.69, 9.17) is 0 Å². The molecule has 184 valence electrons. The van der Waals surface area contributed by atoms with Crippen LogP contribution < -0.4 is 0 Å². The van der Waals surface area contributed by atoms with Crippen LogP contribution in [0.3, 0.4) is 0 Å². The van der Waals surface area contributed by atoms with E-state index in [-0.39, 0.29) is 0 Å². The van der Waals surface area contributed by atoms with Crippen LogP contribution in [0.4, 0.5) is 0 Å². The first kappa shape index (κ1) is 28.5. The molecule has 1 aliphatic rings. The Balaban J connectivity index is 1.65. The molecule has 2 heteroatoms.